The minimum atomic E-state index is -4.66. The molecule has 0 radical (unpaired) electrons. The van der Waals surface area contributed by atoms with Gasteiger partial charge in [-0.05, 0) is 45.1 Å². The van der Waals surface area contributed by atoms with Gasteiger partial charge in [0.15, 0.2) is 0 Å². The minimum absolute atomic E-state index is 0.0678. The molecule has 0 spiro atoms. The lowest BCUT2D eigenvalue weighted by molar-refractivity contribution is -0.274. The SMILES string of the molecule is FC(F)(F)Oc1ccc(C(Br)c2sccc2Br)cc1. The maximum atomic E-state index is 12.0. The van der Waals surface area contributed by atoms with Crippen LogP contribution < -0.4 is 4.74 Å². The molecule has 1 heterocycles. The molecule has 1 nitrogen and oxygen atoms in total. The van der Waals surface area contributed by atoms with Crippen molar-refractivity contribution in [1.82, 2.24) is 0 Å². The summed E-state index contributed by atoms with van der Waals surface area (Å²) < 4.78 is 40.9. The van der Waals surface area contributed by atoms with E-state index < -0.39 is 6.36 Å². The number of ether oxygens (including phenoxy) is 1. The Balaban J connectivity index is 2.17. The number of hydrogen-bond donors (Lipinski definition) is 0. The van der Waals surface area contributed by atoms with Gasteiger partial charge in [-0.25, -0.2) is 0 Å². The second-order valence-corrected chi connectivity index (χ2v) is 6.33. The van der Waals surface area contributed by atoms with Crippen LogP contribution in [-0.4, -0.2) is 6.36 Å². The Kier molecular flexibility index (Phi) is 4.58. The number of hydrogen-bond acceptors (Lipinski definition) is 2. The van der Waals surface area contributed by atoms with Crippen LogP contribution in [0.5, 0.6) is 5.75 Å². The summed E-state index contributed by atoms with van der Waals surface area (Å²) >= 11 is 8.51. The molecule has 1 atom stereocenters. The first-order chi connectivity index (χ1) is 8.87. The van der Waals surface area contributed by atoms with Gasteiger partial charge in [0.1, 0.15) is 5.75 Å². The fourth-order valence-corrected chi connectivity index (χ4v) is 4.26. The molecular weight excluding hydrogens is 409 g/mol. The highest BCUT2D eigenvalue weighted by Crippen LogP contribution is 2.39. The monoisotopic (exact) mass is 414 g/mol. The maximum absolute atomic E-state index is 12.0. The summed E-state index contributed by atoms with van der Waals surface area (Å²) in [6.45, 7) is 0. The smallest absolute Gasteiger partial charge is 0.406 e. The quantitative estimate of drug-likeness (QED) is 0.567. The Labute approximate surface area is 128 Å². The normalized spacial score (nSPS) is 13.3. The van der Waals surface area contributed by atoms with Gasteiger partial charge >= 0.3 is 6.36 Å². The van der Waals surface area contributed by atoms with E-state index >= 15 is 0 Å². The Morgan fingerprint density at radius 1 is 1.11 bits per heavy atom. The molecule has 2 aromatic rings. The van der Waals surface area contributed by atoms with E-state index in [1.807, 2.05) is 11.4 Å². The second kappa shape index (κ2) is 5.85. The molecule has 0 aliphatic rings. The molecule has 0 bridgehead atoms. The van der Waals surface area contributed by atoms with Crippen molar-refractivity contribution in [2.24, 2.45) is 0 Å². The van der Waals surface area contributed by atoms with Crippen molar-refractivity contribution in [3.63, 3.8) is 0 Å². The standard InChI is InChI=1S/C12H7Br2F3OS/c13-9-5-6-19-11(9)10(14)7-1-3-8(4-2-7)18-12(15,16)17/h1-6,10H. The summed E-state index contributed by atoms with van der Waals surface area (Å²) in [4.78, 5) is 0.992. The lowest BCUT2D eigenvalue weighted by Crippen LogP contribution is -2.17. The molecule has 19 heavy (non-hydrogen) atoms. The molecular formula is C12H7Br2F3OS. The van der Waals surface area contributed by atoms with Gasteiger partial charge in [-0.3, -0.25) is 0 Å². The number of alkyl halides is 4. The van der Waals surface area contributed by atoms with Crippen LogP contribution in [0.1, 0.15) is 15.3 Å². The van der Waals surface area contributed by atoms with Crippen LogP contribution >= 0.6 is 43.2 Å². The molecule has 1 aromatic heterocycles. The summed E-state index contributed by atoms with van der Waals surface area (Å²) in [5.41, 5.74) is 0.859. The van der Waals surface area contributed by atoms with Crippen LogP contribution in [0.15, 0.2) is 40.2 Å². The minimum Gasteiger partial charge on any atom is -0.406 e. The largest absolute Gasteiger partial charge is 0.573 e. The van der Waals surface area contributed by atoms with Crippen LogP contribution in [0.2, 0.25) is 0 Å². The van der Waals surface area contributed by atoms with E-state index in [0.29, 0.717) is 0 Å². The van der Waals surface area contributed by atoms with Gasteiger partial charge in [0.25, 0.3) is 0 Å². The zero-order chi connectivity index (χ0) is 14.0. The van der Waals surface area contributed by atoms with E-state index in [-0.39, 0.29) is 10.6 Å². The van der Waals surface area contributed by atoms with Gasteiger partial charge in [-0.15, -0.1) is 24.5 Å². The third kappa shape index (κ3) is 3.97. The van der Waals surface area contributed by atoms with E-state index in [2.05, 4.69) is 36.6 Å². The first kappa shape index (κ1) is 14.9. The summed E-state index contributed by atoms with van der Waals surface area (Å²) in [5.74, 6) is -0.221. The van der Waals surface area contributed by atoms with E-state index in [0.717, 1.165) is 14.9 Å². The first-order valence-electron chi connectivity index (χ1n) is 5.09. The molecule has 102 valence electrons. The summed E-state index contributed by atoms with van der Waals surface area (Å²) in [5, 5.41) is 1.94. The molecule has 1 aromatic carbocycles. The fourth-order valence-electron chi connectivity index (χ4n) is 1.48. The van der Waals surface area contributed by atoms with E-state index in [9.17, 15) is 13.2 Å². The van der Waals surface area contributed by atoms with Gasteiger partial charge in [0.05, 0.1) is 4.83 Å². The Bertz CT molecular complexity index is 551. The molecule has 0 saturated carbocycles. The van der Waals surface area contributed by atoms with Gasteiger partial charge in [0, 0.05) is 9.35 Å². The molecule has 2 rings (SSSR count). The highest BCUT2D eigenvalue weighted by atomic mass is 79.9. The third-order valence-electron chi connectivity index (χ3n) is 2.28. The number of rotatable bonds is 3. The summed E-state index contributed by atoms with van der Waals surface area (Å²) in [6, 6.07) is 7.74. The predicted octanol–water partition coefficient (Wildman–Crippen LogP) is 5.89. The average Bonchev–Trinajstić information content (AvgIpc) is 2.73. The van der Waals surface area contributed by atoms with Crippen molar-refractivity contribution in [2.75, 3.05) is 0 Å². The maximum Gasteiger partial charge on any atom is 0.573 e. The van der Waals surface area contributed by atoms with Crippen molar-refractivity contribution in [3.8, 4) is 5.75 Å². The lowest BCUT2D eigenvalue weighted by Gasteiger charge is -2.12. The number of benzene rings is 1. The first-order valence-corrected chi connectivity index (χ1v) is 7.68. The van der Waals surface area contributed by atoms with Gasteiger partial charge < -0.3 is 4.74 Å². The Morgan fingerprint density at radius 3 is 2.21 bits per heavy atom. The molecule has 0 amide bonds. The third-order valence-corrected chi connectivity index (χ3v) is 5.51. The van der Waals surface area contributed by atoms with Crippen molar-refractivity contribution in [3.05, 3.63) is 50.6 Å². The highest BCUT2D eigenvalue weighted by molar-refractivity contribution is 9.11. The average molecular weight is 416 g/mol. The fraction of sp³-hybridized carbons (Fsp3) is 0.167. The second-order valence-electron chi connectivity index (χ2n) is 3.61. The summed E-state index contributed by atoms with van der Waals surface area (Å²) in [6.07, 6.45) is -4.66. The molecule has 7 heteroatoms. The van der Waals surface area contributed by atoms with Crippen LogP contribution in [0.25, 0.3) is 0 Å². The molecule has 0 aliphatic heterocycles. The topological polar surface area (TPSA) is 9.23 Å². The van der Waals surface area contributed by atoms with Crippen LogP contribution in [0, 0.1) is 0 Å². The van der Waals surface area contributed by atoms with Gasteiger partial charge in [-0.2, -0.15) is 0 Å². The Morgan fingerprint density at radius 2 is 1.74 bits per heavy atom. The van der Waals surface area contributed by atoms with Crippen molar-refractivity contribution in [1.29, 1.82) is 0 Å². The van der Waals surface area contributed by atoms with Crippen LogP contribution in [0.4, 0.5) is 13.2 Å². The van der Waals surface area contributed by atoms with Gasteiger partial charge in [-0.1, -0.05) is 28.1 Å². The molecule has 0 N–H and O–H groups in total. The number of halogens is 5. The molecule has 0 saturated heterocycles. The summed E-state index contributed by atoms with van der Waals surface area (Å²) in [7, 11) is 0. The molecule has 0 fully saturated rings. The highest BCUT2D eigenvalue weighted by Gasteiger charge is 2.31. The van der Waals surface area contributed by atoms with Crippen LogP contribution in [-0.2, 0) is 0 Å². The predicted molar refractivity (Wildman–Crippen MR) is 75.9 cm³/mol. The lowest BCUT2D eigenvalue weighted by atomic mass is 10.1. The number of thiophene rings is 1. The van der Waals surface area contributed by atoms with Crippen molar-refractivity contribution in [2.45, 2.75) is 11.2 Å². The Hall–Kier alpha value is -0.530. The van der Waals surface area contributed by atoms with E-state index in [4.69, 9.17) is 0 Å². The van der Waals surface area contributed by atoms with Gasteiger partial charge in [0.2, 0.25) is 0 Å². The molecule has 0 aliphatic carbocycles. The van der Waals surface area contributed by atoms with Crippen LogP contribution in [0.3, 0.4) is 0 Å². The van der Waals surface area contributed by atoms with E-state index in [1.165, 1.54) is 12.1 Å². The van der Waals surface area contributed by atoms with Crippen molar-refractivity contribution >= 4 is 43.2 Å². The van der Waals surface area contributed by atoms with Crippen molar-refractivity contribution < 1.29 is 17.9 Å². The molecule has 1 unspecified atom stereocenters. The zero-order valence-electron chi connectivity index (χ0n) is 9.25. The zero-order valence-corrected chi connectivity index (χ0v) is 13.2. The van der Waals surface area contributed by atoms with E-state index in [1.54, 1.807) is 23.5 Å².